The first kappa shape index (κ1) is 28.5. The predicted molar refractivity (Wildman–Crippen MR) is 157 cm³/mol. The van der Waals surface area contributed by atoms with Gasteiger partial charge in [-0.15, -0.1) is 0 Å². The lowest BCUT2D eigenvalue weighted by Crippen LogP contribution is -2.58. The molecule has 216 valence electrons. The summed E-state index contributed by atoms with van der Waals surface area (Å²) in [6.45, 7) is 16.0. The Morgan fingerprint density at radius 3 is 2.47 bits per heavy atom. The summed E-state index contributed by atoms with van der Waals surface area (Å²) in [6.07, 6.45) is 17.1. The molecule has 0 spiro atoms. The van der Waals surface area contributed by atoms with Gasteiger partial charge in [-0.25, -0.2) is 10.6 Å². The van der Waals surface area contributed by atoms with E-state index >= 15 is 0 Å². The van der Waals surface area contributed by atoms with Gasteiger partial charge in [0.15, 0.2) is 0 Å². The quantitative estimate of drug-likeness (QED) is 0.176. The summed E-state index contributed by atoms with van der Waals surface area (Å²) in [4.78, 5) is 17.5. The molecule has 5 aliphatic rings. The second kappa shape index (κ2) is 11.1. The highest BCUT2D eigenvalue weighted by Gasteiger charge is 2.59. The van der Waals surface area contributed by atoms with Crippen LogP contribution in [0.25, 0.3) is 0 Å². The number of carbonyl (C=O) groups excluding carboxylic acids is 1. The Labute approximate surface area is 233 Å². The van der Waals surface area contributed by atoms with Gasteiger partial charge in [0, 0.05) is 26.2 Å². The predicted octanol–water partition coefficient (Wildman–Crippen LogP) is 6.94. The second-order valence-corrected chi connectivity index (χ2v) is 15.2. The molecule has 2 N–H and O–H groups in total. The van der Waals surface area contributed by atoms with E-state index in [0.717, 1.165) is 74.5 Å². The standard InChI is InChI=1S/C33H58N4O/c1-23(2)8-7-9-24(3)28-12-13-29-27-11-10-25-22-26(37(34)31(38)36-20-18-35(6)19-21-36)14-16-32(25,4)30(27)15-17-33(28,29)5/h10,23-24,26-30H,7-9,11-22,34H2,1-6H3/t24-,26?,27?,28-,29?,30?,32+,33-/m1/s1. The van der Waals surface area contributed by atoms with E-state index in [1.807, 2.05) is 4.90 Å². The number of fused-ring (bicyclic) bond motifs is 5. The maximum absolute atomic E-state index is 13.2. The third-order valence-corrected chi connectivity index (χ3v) is 12.7. The highest BCUT2D eigenvalue weighted by atomic mass is 16.2. The van der Waals surface area contributed by atoms with Crippen molar-refractivity contribution in [1.82, 2.24) is 14.8 Å². The zero-order chi connectivity index (χ0) is 27.2. The van der Waals surface area contributed by atoms with Gasteiger partial charge in [0.25, 0.3) is 0 Å². The van der Waals surface area contributed by atoms with Crippen LogP contribution in [0.3, 0.4) is 0 Å². The summed E-state index contributed by atoms with van der Waals surface area (Å²) in [5.41, 5.74) is 2.47. The van der Waals surface area contributed by atoms with Crippen LogP contribution in [0.15, 0.2) is 11.6 Å². The number of amides is 2. The van der Waals surface area contributed by atoms with Crippen LogP contribution in [-0.4, -0.2) is 60.1 Å². The number of nitrogens with two attached hydrogens (primary N) is 1. The fraction of sp³-hybridized carbons (Fsp3) is 0.909. The van der Waals surface area contributed by atoms with E-state index in [9.17, 15) is 4.79 Å². The number of allylic oxidation sites excluding steroid dienone is 1. The number of hydrazine groups is 1. The van der Waals surface area contributed by atoms with Crippen molar-refractivity contribution in [1.29, 1.82) is 0 Å². The van der Waals surface area contributed by atoms with Crippen molar-refractivity contribution in [3.05, 3.63) is 11.6 Å². The Bertz CT molecular complexity index is 878. The van der Waals surface area contributed by atoms with E-state index in [0.29, 0.717) is 10.8 Å². The largest absolute Gasteiger partial charge is 0.334 e. The number of nitrogens with zero attached hydrogens (tertiary/aromatic N) is 3. The molecule has 1 heterocycles. The number of likely N-dealkylation sites (N-methyl/N-ethyl adjacent to an activating group) is 1. The fourth-order valence-corrected chi connectivity index (χ4v) is 10.2. The van der Waals surface area contributed by atoms with E-state index in [-0.39, 0.29) is 12.1 Å². The van der Waals surface area contributed by atoms with Crippen molar-refractivity contribution in [2.75, 3.05) is 33.2 Å². The molecule has 3 saturated carbocycles. The minimum absolute atomic E-state index is 0.0360. The molecule has 8 atom stereocenters. The Morgan fingerprint density at radius 1 is 1.03 bits per heavy atom. The van der Waals surface area contributed by atoms with Crippen molar-refractivity contribution in [3.8, 4) is 0 Å². The first-order valence-corrected chi connectivity index (χ1v) is 16.3. The lowest BCUT2D eigenvalue weighted by atomic mass is 9.47. The topological polar surface area (TPSA) is 52.8 Å². The molecule has 5 nitrogen and oxygen atoms in total. The second-order valence-electron chi connectivity index (χ2n) is 15.2. The van der Waals surface area contributed by atoms with Crippen LogP contribution in [0.4, 0.5) is 4.79 Å². The molecule has 38 heavy (non-hydrogen) atoms. The van der Waals surface area contributed by atoms with Gasteiger partial charge in [-0.2, -0.15) is 0 Å². The van der Waals surface area contributed by atoms with Crippen molar-refractivity contribution in [2.45, 2.75) is 111 Å². The van der Waals surface area contributed by atoms with E-state index in [1.165, 1.54) is 57.8 Å². The summed E-state index contributed by atoms with van der Waals surface area (Å²) in [5, 5.41) is 1.61. The third kappa shape index (κ3) is 5.08. The van der Waals surface area contributed by atoms with Crippen LogP contribution in [0.2, 0.25) is 0 Å². The van der Waals surface area contributed by atoms with Crippen molar-refractivity contribution < 1.29 is 4.79 Å². The minimum atomic E-state index is 0.0360. The molecular weight excluding hydrogens is 468 g/mol. The molecule has 4 fully saturated rings. The third-order valence-electron chi connectivity index (χ3n) is 12.7. The molecule has 0 aromatic heterocycles. The van der Waals surface area contributed by atoms with Crippen LogP contribution >= 0.6 is 0 Å². The molecule has 2 amide bonds. The van der Waals surface area contributed by atoms with Gasteiger partial charge in [-0.3, -0.25) is 5.01 Å². The monoisotopic (exact) mass is 526 g/mol. The van der Waals surface area contributed by atoms with E-state index in [2.05, 4.69) is 52.6 Å². The molecule has 0 bridgehead atoms. The number of hydrogen-bond donors (Lipinski definition) is 1. The van der Waals surface area contributed by atoms with Gasteiger partial charge in [-0.1, -0.05) is 65.5 Å². The molecule has 4 aliphatic carbocycles. The number of urea groups is 1. The van der Waals surface area contributed by atoms with Crippen LogP contribution in [0.1, 0.15) is 105 Å². The van der Waals surface area contributed by atoms with E-state index < -0.39 is 0 Å². The van der Waals surface area contributed by atoms with Crippen molar-refractivity contribution in [3.63, 3.8) is 0 Å². The lowest BCUT2D eigenvalue weighted by molar-refractivity contribution is -0.0540. The van der Waals surface area contributed by atoms with Crippen LogP contribution in [0.5, 0.6) is 0 Å². The smallest absolute Gasteiger partial charge is 0.321 e. The number of rotatable bonds is 6. The summed E-state index contributed by atoms with van der Waals surface area (Å²) >= 11 is 0. The average molecular weight is 527 g/mol. The molecule has 1 saturated heterocycles. The highest BCUT2D eigenvalue weighted by Crippen LogP contribution is 2.67. The SMILES string of the molecule is CC(C)CCC[C@@H](C)[C@H]1CCC2C3CC=C4CC(N(N)C(=O)N5CCN(C)CC5)CC[C@]4(C)C3CC[C@@]21C. The first-order valence-electron chi connectivity index (χ1n) is 16.3. The maximum Gasteiger partial charge on any atom is 0.334 e. The zero-order valence-corrected chi connectivity index (χ0v) is 25.6. The van der Waals surface area contributed by atoms with Gasteiger partial charge < -0.3 is 9.80 Å². The molecule has 0 radical (unpaired) electrons. The van der Waals surface area contributed by atoms with Crippen molar-refractivity contribution in [2.24, 2.45) is 52.2 Å². The Balaban J connectivity index is 1.24. The van der Waals surface area contributed by atoms with Gasteiger partial charge in [0.05, 0.1) is 6.04 Å². The Hall–Kier alpha value is -1.07. The summed E-state index contributed by atoms with van der Waals surface area (Å²) in [7, 11) is 2.13. The molecule has 4 unspecified atom stereocenters. The summed E-state index contributed by atoms with van der Waals surface area (Å²) in [6, 6.07) is 0.184. The maximum atomic E-state index is 13.2. The van der Waals surface area contributed by atoms with Crippen LogP contribution in [-0.2, 0) is 0 Å². The van der Waals surface area contributed by atoms with Gasteiger partial charge in [0.1, 0.15) is 0 Å². The van der Waals surface area contributed by atoms with Crippen LogP contribution < -0.4 is 5.84 Å². The normalized spacial score (nSPS) is 40.3. The van der Waals surface area contributed by atoms with Gasteiger partial charge in [-0.05, 0) is 105 Å². The molecule has 1 aliphatic heterocycles. The summed E-state index contributed by atoms with van der Waals surface area (Å²) < 4.78 is 0. The molecule has 0 aromatic carbocycles. The molecule has 0 aromatic rings. The highest BCUT2D eigenvalue weighted by molar-refractivity contribution is 5.74. The van der Waals surface area contributed by atoms with E-state index in [4.69, 9.17) is 5.84 Å². The fourth-order valence-electron chi connectivity index (χ4n) is 10.2. The van der Waals surface area contributed by atoms with Crippen LogP contribution in [0, 0.1) is 46.3 Å². The zero-order valence-electron chi connectivity index (χ0n) is 25.6. The minimum Gasteiger partial charge on any atom is -0.321 e. The van der Waals surface area contributed by atoms with E-state index in [1.54, 1.807) is 10.6 Å². The number of hydrogen-bond acceptors (Lipinski definition) is 3. The number of carbonyl (C=O) groups is 1. The average Bonchev–Trinajstić information content (AvgIpc) is 3.25. The lowest BCUT2D eigenvalue weighted by Gasteiger charge is -2.59. The van der Waals surface area contributed by atoms with Gasteiger partial charge in [0.2, 0.25) is 0 Å². The Kier molecular flexibility index (Phi) is 8.29. The molecule has 5 heteroatoms. The Morgan fingerprint density at radius 2 is 1.76 bits per heavy atom. The number of piperazine rings is 1. The van der Waals surface area contributed by atoms with Gasteiger partial charge >= 0.3 is 6.03 Å². The van der Waals surface area contributed by atoms with Crippen molar-refractivity contribution >= 4 is 6.03 Å². The summed E-state index contributed by atoms with van der Waals surface area (Å²) in [5.74, 6) is 11.7. The molecule has 5 rings (SSSR count). The molecular formula is C33H58N4O. The first-order chi connectivity index (χ1) is 18.0.